The van der Waals surface area contributed by atoms with Gasteiger partial charge in [0, 0.05) is 4.47 Å². The average molecular weight is 331 g/mol. The molecule has 1 aromatic rings. The number of benzene rings is 1. The van der Waals surface area contributed by atoms with Crippen molar-refractivity contribution in [2.75, 3.05) is 0 Å². The molecular weight excluding hydrogens is 327 g/mol. The summed E-state index contributed by atoms with van der Waals surface area (Å²) in [4.78, 5) is 0. The highest BCUT2D eigenvalue weighted by molar-refractivity contribution is 9.13. The summed E-state index contributed by atoms with van der Waals surface area (Å²) in [6, 6.07) is 1.76. The van der Waals surface area contributed by atoms with Crippen LogP contribution in [0.4, 0.5) is 0 Å². The average Bonchev–Trinajstić information content (AvgIpc) is 2.08. The summed E-state index contributed by atoms with van der Waals surface area (Å²) in [6.45, 7) is 3.65. The minimum absolute atomic E-state index is 0.508. The molecule has 4 heteroatoms. The summed E-state index contributed by atoms with van der Waals surface area (Å²) in [6.07, 6.45) is 1.71. The molecule has 0 aliphatic carbocycles. The first-order valence-electron chi connectivity index (χ1n) is 3.03. The lowest BCUT2D eigenvalue weighted by Crippen LogP contribution is -1.80. The Bertz CT molecular complexity index is 334. The van der Waals surface area contributed by atoms with E-state index in [4.69, 9.17) is 23.2 Å². The van der Waals surface area contributed by atoms with Gasteiger partial charge in [0.05, 0.1) is 14.5 Å². The van der Waals surface area contributed by atoms with Gasteiger partial charge in [0.2, 0.25) is 0 Å². The molecule has 0 unspecified atom stereocenters. The van der Waals surface area contributed by atoms with Crippen LogP contribution in [0, 0.1) is 0 Å². The molecule has 0 aromatic heterocycles. The van der Waals surface area contributed by atoms with Crippen LogP contribution in [0.2, 0.25) is 10.0 Å². The highest BCUT2D eigenvalue weighted by atomic mass is 79.9. The van der Waals surface area contributed by atoms with Crippen molar-refractivity contribution < 1.29 is 0 Å². The summed E-state index contributed by atoms with van der Waals surface area (Å²) in [5.41, 5.74) is 0.913. The van der Waals surface area contributed by atoms with E-state index < -0.39 is 0 Å². The molecule has 0 spiro atoms. The van der Waals surface area contributed by atoms with Crippen LogP contribution in [0.15, 0.2) is 21.6 Å². The van der Waals surface area contributed by atoms with Gasteiger partial charge >= 0.3 is 0 Å². The van der Waals surface area contributed by atoms with Crippen LogP contribution in [-0.2, 0) is 0 Å². The Morgan fingerprint density at radius 1 is 1.25 bits per heavy atom. The lowest BCUT2D eigenvalue weighted by Gasteiger charge is -2.05. The Balaban J connectivity index is 3.49. The summed E-state index contributed by atoms with van der Waals surface area (Å²) < 4.78 is 1.62. The second-order valence-electron chi connectivity index (χ2n) is 2.09. The van der Waals surface area contributed by atoms with Gasteiger partial charge in [-0.3, -0.25) is 0 Å². The van der Waals surface area contributed by atoms with Crippen LogP contribution in [-0.4, -0.2) is 0 Å². The molecule has 0 amide bonds. The third-order valence-corrected chi connectivity index (χ3v) is 4.55. The summed E-state index contributed by atoms with van der Waals surface area (Å²) in [7, 11) is 0. The van der Waals surface area contributed by atoms with Crippen LogP contribution >= 0.6 is 55.1 Å². The minimum atomic E-state index is 0.508. The molecule has 0 N–H and O–H groups in total. The number of halogens is 4. The molecule has 0 aliphatic heterocycles. The van der Waals surface area contributed by atoms with E-state index in [0.29, 0.717) is 10.0 Å². The maximum Gasteiger partial charge on any atom is 0.0746 e. The number of rotatable bonds is 1. The fraction of sp³-hybridized carbons (Fsp3) is 0. The zero-order valence-corrected chi connectivity index (χ0v) is 10.6. The topological polar surface area (TPSA) is 0 Å². The van der Waals surface area contributed by atoms with Gasteiger partial charge in [-0.1, -0.05) is 35.9 Å². The zero-order valence-electron chi connectivity index (χ0n) is 5.87. The number of hydrogen-bond acceptors (Lipinski definition) is 0. The first kappa shape index (κ1) is 10.6. The van der Waals surface area contributed by atoms with E-state index in [-0.39, 0.29) is 0 Å². The molecule has 0 saturated heterocycles. The standard InChI is InChI=1S/C8H4Br2Cl2/c1-2-4-3-5(11)8(12)7(10)6(4)9/h2-3H,1H2. The Kier molecular flexibility index (Phi) is 3.65. The van der Waals surface area contributed by atoms with Gasteiger partial charge in [-0.05, 0) is 43.5 Å². The molecule has 0 radical (unpaired) electrons. The highest BCUT2D eigenvalue weighted by Gasteiger charge is 2.09. The smallest absolute Gasteiger partial charge is 0.0746 e. The van der Waals surface area contributed by atoms with Crippen molar-refractivity contribution in [1.29, 1.82) is 0 Å². The maximum absolute atomic E-state index is 5.87. The van der Waals surface area contributed by atoms with E-state index in [1.807, 2.05) is 0 Å². The molecule has 0 bridgehead atoms. The van der Waals surface area contributed by atoms with Gasteiger partial charge in [-0.2, -0.15) is 0 Å². The number of hydrogen-bond donors (Lipinski definition) is 0. The summed E-state index contributed by atoms with van der Waals surface area (Å²) in [5, 5.41) is 1.02. The summed E-state index contributed by atoms with van der Waals surface area (Å²) in [5.74, 6) is 0. The van der Waals surface area contributed by atoms with Crippen LogP contribution < -0.4 is 0 Å². The van der Waals surface area contributed by atoms with Crippen LogP contribution in [0.3, 0.4) is 0 Å². The maximum atomic E-state index is 5.87. The molecule has 64 valence electrons. The van der Waals surface area contributed by atoms with Gasteiger partial charge in [-0.25, -0.2) is 0 Å². The van der Waals surface area contributed by atoms with E-state index in [1.165, 1.54) is 0 Å². The molecule has 0 saturated carbocycles. The largest absolute Gasteiger partial charge is 0.0984 e. The van der Waals surface area contributed by atoms with E-state index >= 15 is 0 Å². The summed E-state index contributed by atoms with van der Waals surface area (Å²) >= 11 is 18.4. The van der Waals surface area contributed by atoms with E-state index in [9.17, 15) is 0 Å². The van der Waals surface area contributed by atoms with Crippen molar-refractivity contribution in [2.24, 2.45) is 0 Å². The quantitative estimate of drug-likeness (QED) is 0.493. The van der Waals surface area contributed by atoms with Gasteiger partial charge in [0.25, 0.3) is 0 Å². The molecule has 0 fully saturated rings. The predicted octanol–water partition coefficient (Wildman–Crippen LogP) is 5.16. The van der Waals surface area contributed by atoms with Gasteiger partial charge < -0.3 is 0 Å². The molecule has 0 heterocycles. The van der Waals surface area contributed by atoms with Gasteiger partial charge in [-0.15, -0.1) is 0 Å². The van der Waals surface area contributed by atoms with Crippen molar-refractivity contribution in [2.45, 2.75) is 0 Å². The Morgan fingerprint density at radius 2 is 1.83 bits per heavy atom. The van der Waals surface area contributed by atoms with Crippen molar-refractivity contribution >= 4 is 61.1 Å². The lowest BCUT2D eigenvalue weighted by molar-refractivity contribution is 1.55. The van der Waals surface area contributed by atoms with Crippen LogP contribution in [0.25, 0.3) is 6.08 Å². The third-order valence-electron chi connectivity index (χ3n) is 1.35. The Morgan fingerprint density at radius 3 is 2.33 bits per heavy atom. The Labute approximate surface area is 97.8 Å². The van der Waals surface area contributed by atoms with Crippen molar-refractivity contribution in [3.05, 3.63) is 37.2 Å². The SMILES string of the molecule is C=Cc1cc(Cl)c(Cl)c(Br)c1Br. The highest BCUT2D eigenvalue weighted by Crippen LogP contribution is 2.38. The second kappa shape index (κ2) is 4.14. The van der Waals surface area contributed by atoms with Crippen molar-refractivity contribution in [3.8, 4) is 0 Å². The molecule has 1 aromatic carbocycles. The van der Waals surface area contributed by atoms with Gasteiger partial charge in [0.15, 0.2) is 0 Å². The first-order valence-corrected chi connectivity index (χ1v) is 5.37. The molecule has 0 atom stereocenters. The minimum Gasteiger partial charge on any atom is -0.0984 e. The second-order valence-corrected chi connectivity index (χ2v) is 4.46. The van der Waals surface area contributed by atoms with E-state index in [2.05, 4.69) is 38.4 Å². The monoisotopic (exact) mass is 328 g/mol. The fourth-order valence-electron chi connectivity index (χ4n) is 0.740. The van der Waals surface area contributed by atoms with E-state index in [1.54, 1.807) is 12.1 Å². The first-order chi connectivity index (χ1) is 5.57. The lowest BCUT2D eigenvalue weighted by atomic mass is 10.2. The third kappa shape index (κ3) is 1.87. The molecular formula is C8H4Br2Cl2. The van der Waals surface area contributed by atoms with E-state index in [0.717, 1.165) is 14.5 Å². The van der Waals surface area contributed by atoms with Crippen LogP contribution in [0.5, 0.6) is 0 Å². The normalized spacial score (nSPS) is 10.0. The Hall–Kier alpha value is 0.500. The zero-order chi connectivity index (χ0) is 9.30. The molecule has 0 aliphatic rings. The van der Waals surface area contributed by atoms with Crippen molar-refractivity contribution in [3.63, 3.8) is 0 Å². The van der Waals surface area contributed by atoms with Gasteiger partial charge in [0.1, 0.15) is 0 Å². The molecule has 0 nitrogen and oxygen atoms in total. The van der Waals surface area contributed by atoms with Crippen molar-refractivity contribution in [1.82, 2.24) is 0 Å². The molecule has 1 rings (SSSR count). The fourth-order valence-corrected chi connectivity index (χ4v) is 2.25. The predicted molar refractivity (Wildman–Crippen MR) is 62.0 cm³/mol. The molecule has 12 heavy (non-hydrogen) atoms. The van der Waals surface area contributed by atoms with Crippen LogP contribution in [0.1, 0.15) is 5.56 Å².